The standard InChI is InChI=1S/C18H16F3NO3/c1-11-5-3-8-15(9-11)22-16(23)12(2)25-17(24)13-6-4-7-14(10-13)18(19,20)21/h3-10,12H,1-2H3,(H,22,23)/t12-/m0/s1. The predicted octanol–water partition coefficient (Wildman–Crippen LogP) is 4.20. The lowest BCUT2D eigenvalue weighted by molar-refractivity contribution is -0.137. The van der Waals surface area contributed by atoms with E-state index >= 15 is 0 Å². The maximum Gasteiger partial charge on any atom is 0.416 e. The van der Waals surface area contributed by atoms with Gasteiger partial charge in [-0.3, -0.25) is 4.79 Å². The fraction of sp³-hybridized carbons (Fsp3) is 0.222. The number of halogens is 3. The number of carbonyl (C=O) groups is 2. The molecule has 0 fully saturated rings. The fourth-order valence-corrected chi connectivity index (χ4v) is 2.07. The molecule has 0 aliphatic rings. The van der Waals surface area contributed by atoms with Gasteiger partial charge in [0.15, 0.2) is 6.10 Å². The molecule has 7 heteroatoms. The molecule has 0 spiro atoms. The molecular weight excluding hydrogens is 335 g/mol. The largest absolute Gasteiger partial charge is 0.449 e. The first-order valence-electron chi connectivity index (χ1n) is 7.42. The minimum Gasteiger partial charge on any atom is -0.449 e. The van der Waals surface area contributed by atoms with Crippen LogP contribution in [-0.4, -0.2) is 18.0 Å². The van der Waals surface area contributed by atoms with Crippen LogP contribution in [0.25, 0.3) is 0 Å². The van der Waals surface area contributed by atoms with Gasteiger partial charge in [-0.25, -0.2) is 4.79 Å². The zero-order chi connectivity index (χ0) is 18.6. The molecule has 25 heavy (non-hydrogen) atoms. The number of carbonyl (C=O) groups excluding carboxylic acids is 2. The van der Waals surface area contributed by atoms with E-state index in [1.165, 1.54) is 13.0 Å². The molecule has 1 atom stereocenters. The van der Waals surface area contributed by atoms with Crippen molar-refractivity contribution in [3.8, 4) is 0 Å². The Morgan fingerprint density at radius 3 is 2.40 bits per heavy atom. The van der Waals surface area contributed by atoms with E-state index in [4.69, 9.17) is 4.74 Å². The SMILES string of the molecule is Cc1cccc(NC(=O)[C@H](C)OC(=O)c2cccc(C(F)(F)F)c2)c1. The molecule has 4 nitrogen and oxygen atoms in total. The average molecular weight is 351 g/mol. The van der Waals surface area contributed by atoms with E-state index in [1.54, 1.807) is 18.2 Å². The van der Waals surface area contributed by atoms with Crippen molar-refractivity contribution in [3.05, 3.63) is 65.2 Å². The molecule has 132 valence electrons. The molecule has 0 radical (unpaired) electrons. The summed E-state index contributed by atoms with van der Waals surface area (Å²) < 4.78 is 43.0. The molecule has 0 aliphatic heterocycles. The average Bonchev–Trinajstić information content (AvgIpc) is 2.54. The molecule has 0 aromatic heterocycles. The van der Waals surface area contributed by atoms with Gasteiger partial charge in [0.05, 0.1) is 11.1 Å². The molecule has 0 bridgehead atoms. The summed E-state index contributed by atoms with van der Waals surface area (Å²) in [6, 6.07) is 10.9. The Balaban J connectivity index is 2.03. The van der Waals surface area contributed by atoms with Crippen molar-refractivity contribution in [1.29, 1.82) is 0 Å². The Morgan fingerprint density at radius 2 is 1.76 bits per heavy atom. The number of amides is 1. The first-order chi connectivity index (χ1) is 11.7. The summed E-state index contributed by atoms with van der Waals surface area (Å²) in [6.45, 7) is 3.20. The lowest BCUT2D eigenvalue weighted by Gasteiger charge is -2.14. The number of nitrogens with one attached hydrogen (secondary N) is 1. The van der Waals surface area contributed by atoms with Gasteiger partial charge in [-0.15, -0.1) is 0 Å². The number of hydrogen-bond donors (Lipinski definition) is 1. The quantitative estimate of drug-likeness (QED) is 0.840. The molecule has 0 unspecified atom stereocenters. The zero-order valence-corrected chi connectivity index (χ0v) is 13.6. The minimum absolute atomic E-state index is 0.273. The highest BCUT2D eigenvalue weighted by Crippen LogP contribution is 2.29. The van der Waals surface area contributed by atoms with Crippen LogP contribution in [0.5, 0.6) is 0 Å². The van der Waals surface area contributed by atoms with Gasteiger partial charge in [0.1, 0.15) is 0 Å². The van der Waals surface area contributed by atoms with E-state index in [0.717, 1.165) is 17.7 Å². The summed E-state index contributed by atoms with van der Waals surface area (Å²) in [6.07, 6.45) is -5.73. The Morgan fingerprint density at radius 1 is 1.08 bits per heavy atom. The van der Waals surface area contributed by atoms with Gasteiger partial charge in [-0.1, -0.05) is 18.2 Å². The second-order valence-electron chi connectivity index (χ2n) is 5.48. The second-order valence-corrected chi connectivity index (χ2v) is 5.48. The number of alkyl halides is 3. The molecule has 0 saturated heterocycles. The summed E-state index contributed by atoms with van der Waals surface area (Å²) in [5, 5.41) is 2.58. The second kappa shape index (κ2) is 7.38. The van der Waals surface area contributed by atoms with Gasteiger partial charge in [0.25, 0.3) is 5.91 Å². The summed E-state index contributed by atoms with van der Waals surface area (Å²) in [4.78, 5) is 24.0. The van der Waals surface area contributed by atoms with Crippen molar-refractivity contribution in [3.63, 3.8) is 0 Å². The van der Waals surface area contributed by atoms with E-state index in [2.05, 4.69) is 5.32 Å². The van der Waals surface area contributed by atoms with E-state index in [1.807, 2.05) is 13.0 Å². The number of ether oxygens (including phenoxy) is 1. The van der Waals surface area contributed by atoms with Crippen LogP contribution in [-0.2, 0) is 15.7 Å². The van der Waals surface area contributed by atoms with Gasteiger partial charge in [0, 0.05) is 5.69 Å². The Kier molecular flexibility index (Phi) is 5.46. The van der Waals surface area contributed by atoms with Crippen LogP contribution in [0.1, 0.15) is 28.4 Å². The van der Waals surface area contributed by atoms with Crippen LogP contribution in [0, 0.1) is 6.92 Å². The molecule has 0 aliphatic carbocycles. The molecule has 1 amide bonds. The van der Waals surface area contributed by atoms with Crippen LogP contribution in [0.15, 0.2) is 48.5 Å². The Bertz CT molecular complexity index is 787. The number of rotatable bonds is 4. The number of esters is 1. The number of aryl methyl sites for hydroxylation is 1. The van der Waals surface area contributed by atoms with E-state index in [-0.39, 0.29) is 5.56 Å². The van der Waals surface area contributed by atoms with Crippen molar-refractivity contribution in [2.45, 2.75) is 26.1 Å². The van der Waals surface area contributed by atoms with Gasteiger partial charge >= 0.3 is 12.1 Å². The monoisotopic (exact) mass is 351 g/mol. The maximum absolute atomic E-state index is 12.7. The Labute approximate surface area is 142 Å². The van der Waals surface area contributed by atoms with Crippen LogP contribution in [0.4, 0.5) is 18.9 Å². The first kappa shape index (κ1) is 18.5. The topological polar surface area (TPSA) is 55.4 Å². The van der Waals surface area contributed by atoms with Crippen molar-refractivity contribution in [1.82, 2.24) is 0 Å². The molecule has 1 N–H and O–H groups in total. The first-order valence-corrected chi connectivity index (χ1v) is 7.42. The molecule has 2 rings (SSSR count). The minimum atomic E-state index is -4.57. The van der Waals surface area contributed by atoms with Crippen LogP contribution < -0.4 is 5.32 Å². The summed E-state index contributed by atoms with van der Waals surface area (Å²) in [5.41, 5.74) is 0.238. The lowest BCUT2D eigenvalue weighted by atomic mass is 10.1. The van der Waals surface area contributed by atoms with Crippen molar-refractivity contribution in [2.75, 3.05) is 5.32 Å². The van der Waals surface area contributed by atoms with Gasteiger partial charge in [0.2, 0.25) is 0 Å². The third-order valence-corrected chi connectivity index (χ3v) is 3.36. The molecule has 0 heterocycles. The normalized spacial score (nSPS) is 12.4. The number of benzene rings is 2. The van der Waals surface area contributed by atoms with Gasteiger partial charge in [-0.05, 0) is 49.7 Å². The number of hydrogen-bond acceptors (Lipinski definition) is 3. The smallest absolute Gasteiger partial charge is 0.416 e. The summed E-state index contributed by atoms with van der Waals surface area (Å²) in [7, 11) is 0. The van der Waals surface area contributed by atoms with Gasteiger partial charge < -0.3 is 10.1 Å². The van der Waals surface area contributed by atoms with E-state index in [9.17, 15) is 22.8 Å². The molecular formula is C18H16F3NO3. The zero-order valence-electron chi connectivity index (χ0n) is 13.6. The van der Waals surface area contributed by atoms with Gasteiger partial charge in [-0.2, -0.15) is 13.2 Å². The molecule has 2 aromatic carbocycles. The van der Waals surface area contributed by atoms with E-state index < -0.39 is 29.7 Å². The predicted molar refractivity (Wildman–Crippen MR) is 86.1 cm³/mol. The number of anilines is 1. The van der Waals surface area contributed by atoms with Crippen molar-refractivity contribution in [2.24, 2.45) is 0 Å². The molecule has 2 aromatic rings. The Hall–Kier alpha value is -2.83. The fourth-order valence-electron chi connectivity index (χ4n) is 2.07. The van der Waals surface area contributed by atoms with Crippen LogP contribution in [0.2, 0.25) is 0 Å². The summed E-state index contributed by atoms with van der Waals surface area (Å²) >= 11 is 0. The third-order valence-electron chi connectivity index (χ3n) is 3.36. The lowest BCUT2D eigenvalue weighted by Crippen LogP contribution is -2.30. The van der Waals surface area contributed by atoms with Crippen molar-refractivity contribution < 1.29 is 27.5 Å². The summed E-state index contributed by atoms with van der Waals surface area (Å²) in [5.74, 6) is -1.58. The highest BCUT2D eigenvalue weighted by Gasteiger charge is 2.31. The van der Waals surface area contributed by atoms with Crippen LogP contribution >= 0.6 is 0 Å². The third kappa shape index (κ3) is 5.07. The van der Waals surface area contributed by atoms with Crippen molar-refractivity contribution >= 4 is 17.6 Å². The van der Waals surface area contributed by atoms with Crippen LogP contribution in [0.3, 0.4) is 0 Å². The highest BCUT2D eigenvalue weighted by atomic mass is 19.4. The molecule has 0 saturated carbocycles. The highest BCUT2D eigenvalue weighted by molar-refractivity contribution is 5.97. The van der Waals surface area contributed by atoms with E-state index in [0.29, 0.717) is 11.8 Å². The maximum atomic E-state index is 12.7.